The maximum Gasteiger partial charge on any atom is 0.332 e. The molecule has 4 rings (SSSR count). The molecule has 31 heavy (non-hydrogen) atoms. The lowest BCUT2D eigenvalue weighted by molar-refractivity contribution is -0.116. The molecule has 0 bridgehead atoms. The van der Waals surface area contributed by atoms with Crippen molar-refractivity contribution in [2.45, 2.75) is 13.1 Å². The van der Waals surface area contributed by atoms with E-state index in [1.807, 2.05) is 0 Å². The summed E-state index contributed by atoms with van der Waals surface area (Å²) in [5.74, 6) is -0.414. The molecule has 0 radical (unpaired) electrons. The third-order valence-electron chi connectivity index (χ3n) is 4.77. The molecule has 1 amide bonds. The van der Waals surface area contributed by atoms with Gasteiger partial charge in [0.2, 0.25) is 5.91 Å². The van der Waals surface area contributed by atoms with E-state index < -0.39 is 17.2 Å². The van der Waals surface area contributed by atoms with Crippen LogP contribution in [0.4, 0.5) is 5.69 Å². The van der Waals surface area contributed by atoms with Crippen LogP contribution in [-0.4, -0.2) is 15.0 Å². The number of hydrogen-bond acceptors (Lipinski definition) is 3. The first-order chi connectivity index (χ1) is 14.9. The van der Waals surface area contributed by atoms with Gasteiger partial charge in [0.1, 0.15) is 6.54 Å². The van der Waals surface area contributed by atoms with Gasteiger partial charge in [-0.15, -0.1) is 0 Å². The molecule has 0 aliphatic rings. The fourth-order valence-corrected chi connectivity index (χ4v) is 3.79. The van der Waals surface area contributed by atoms with E-state index >= 15 is 0 Å². The highest BCUT2D eigenvalue weighted by Crippen LogP contribution is 2.15. The Kier molecular flexibility index (Phi) is 5.93. The predicted molar refractivity (Wildman–Crippen MR) is 123 cm³/mol. The molecule has 6 nitrogen and oxygen atoms in total. The van der Waals surface area contributed by atoms with Gasteiger partial charge in [-0.05, 0) is 48.0 Å². The normalized spacial score (nSPS) is 10.9. The first-order valence-electron chi connectivity index (χ1n) is 9.44. The van der Waals surface area contributed by atoms with Crippen LogP contribution in [0.1, 0.15) is 5.56 Å². The quantitative estimate of drug-likeness (QED) is 0.492. The number of nitrogens with one attached hydrogen (secondary N) is 1. The fraction of sp³-hybridized carbons (Fsp3) is 0.0870. The SMILES string of the molecule is O=C(Cn1c(=O)n(Cc2cccc(Cl)c2)c(=O)c2ccccc21)Nc1cccc(Cl)c1. The van der Waals surface area contributed by atoms with E-state index in [0.717, 1.165) is 4.57 Å². The minimum absolute atomic E-state index is 0.0406. The molecule has 1 N–H and O–H groups in total. The van der Waals surface area contributed by atoms with Crippen molar-refractivity contribution in [3.05, 3.63) is 109 Å². The van der Waals surface area contributed by atoms with Crippen molar-refractivity contribution in [1.29, 1.82) is 0 Å². The molecule has 0 unspecified atom stereocenters. The van der Waals surface area contributed by atoms with Gasteiger partial charge in [-0.25, -0.2) is 4.79 Å². The standard InChI is InChI=1S/C23H17Cl2N3O3/c24-16-6-3-5-15(11-16)13-28-22(30)19-9-1-2-10-20(19)27(23(28)31)14-21(29)26-18-8-4-7-17(25)12-18/h1-12H,13-14H2,(H,26,29). The molecule has 156 valence electrons. The summed E-state index contributed by atoms with van der Waals surface area (Å²) in [6, 6.07) is 20.4. The van der Waals surface area contributed by atoms with E-state index in [4.69, 9.17) is 23.2 Å². The average Bonchev–Trinajstić information content (AvgIpc) is 2.74. The van der Waals surface area contributed by atoms with Crippen molar-refractivity contribution in [2.24, 2.45) is 0 Å². The summed E-state index contributed by atoms with van der Waals surface area (Å²) in [6.45, 7) is -0.222. The summed E-state index contributed by atoms with van der Waals surface area (Å²) in [6.07, 6.45) is 0. The number of aromatic nitrogens is 2. The molecule has 1 heterocycles. The Morgan fingerprint density at radius 2 is 1.55 bits per heavy atom. The first kappa shape index (κ1) is 20.9. The number of rotatable bonds is 5. The molecule has 0 saturated heterocycles. The number of benzene rings is 3. The molecule has 0 spiro atoms. The van der Waals surface area contributed by atoms with Gasteiger partial charge in [0.25, 0.3) is 5.56 Å². The Morgan fingerprint density at radius 3 is 2.29 bits per heavy atom. The number of carbonyl (C=O) groups is 1. The Morgan fingerprint density at radius 1 is 0.839 bits per heavy atom. The number of fused-ring (bicyclic) bond motifs is 1. The summed E-state index contributed by atoms with van der Waals surface area (Å²) in [5, 5.41) is 4.06. The highest BCUT2D eigenvalue weighted by atomic mass is 35.5. The average molecular weight is 454 g/mol. The Balaban J connectivity index is 1.76. The van der Waals surface area contributed by atoms with Crippen LogP contribution in [0.15, 0.2) is 82.4 Å². The molecule has 4 aromatic rings. The van der Waals surface area contributed by atoms with Gasteiger partial charge in [0.05, 0.1) is 17.4 Å². The van der Waals surface area contributed by atoms with Crippen molar-refractivity contribution in [1.82, 2.24) is 9.13 Å². The zero-order valence-electron chi connectivity index (χ0n) is 16.2. The predicted octanol–water partition coefficient (Wildman–Crippen LogP) is 4.16. The van der Waals surface area contributed by atoms with Gasteiger partial charge in [-0.2, -0.15) is 0 Å². The van der Waals surface area contributed by atoms with Gasteiger partial charge in [-0.1, -0.05) is 53.5 Å². The number of amides is 1. The van der Waals surface area contributed by atoms with Crippen LogP contribution in [-0.2, 0) is 17.9 Å². The summed E-state index contributed by atoms with van der Waals surface area (Å²) in [7, 11) is 0. The second kappa shape index (κ2) is 8.79. The maximum absolute atomic E-state index is 13.2. The fourth-order valence-electron chi connectivity index (χ4n) is 3.39. The highest BCUT2D eigenvalue weighted by molar-refractivity contribution is 6.31. The number of nitrogens with zero attached hydrogens (tertiary/aromatic N) is 2. The van der Waals surface area contributed by atoms with Crippen LogP contribution in [0, 0.1) is 0 Å². The van der Waals surface area contributed by atoms with Crippen molar-refractivity contribution in [2.75, 3.05) is 5.32 Å². The van der Waals surface area contributed by atoms with Gasteiger partial charge < -0.3 is 5.32 Å². The number of halogens is 2. The first-order valence-corrected chi connectivity index (χ1v) is 10.2. The van der Waals surface area contributed by atoms with Crippen LogP contribution >= 0.6 is 23.2 Å². The van der Waals surface area contributed by atoms with Crippen LogP contribution < -0.4 is 16.6 Å². The van der Waals surface area contributed by atoms with Crippen LogP contribution in [0.3, 0.4) is 0 Å². The Hall–Kier alpha value is -3.35. The van der Waals surface area contributed by atoms with Crippen LogP contribution in [0.25, 0.3) is 10.9 Å². The van der Waals surface area contributed by atoms with Crippen LogP contribution in [0.2, 0.25) is 10.0 Å². The van der Waals surface area contributed by atoms with Gasteiger partial charge in [0, 0.05) is 15.7 Å². The second-order valence-corrected chi connectivity index (χ2v) is 7.84. The summed E-state index contributed by atoms with van der Waals surface area (Å²) in [5.41, 5.74) is 0.608. The van der Waals surface area contributed by atoms with E-state index in [1.165, 1.54) is 4.57 Å². The summed E-state index contributed by atoms with van der Waals surface area (Å²) < 4.78 is 2.40. The number of anilines is 1. The third kappa shape index (κ3) is 4.55. The molecular formula is C23H17Cl2N3O3. The zero-order valence-corrected chi connectivity index (χ0v) is 17.7. The van der Waals surface area contributed by atoms with E-state index in [2.05, 4.69) is 5.32 Å². The summed E-state index contributed by atoms with van der Waals surface area (Å²) >= 11 is 12.0. The Bertz CT molecular complexity index is 1410. The molecule has 0 fully saturated rings. The smallest absolute Gasteiger partial charge is 0.324 e. The van der Waals surface area contributed by atoms with E-state index in [9.17, 15) is 14.4 Å². The largest absolute Gasteiger partial charge is 0.332 e. The molecule has 0 aliphatic carbocycles. The van der Waals surface area contributed by atoms with Crippen molar-refractivity contribution in [3.63, 3.8) is 0 Å². The van der Waals surface area contributed by atoms with Crippen molar-refractivity contribution >= 4 is 45.7 Å². The van der Waals surface area contributed by atoms with Crippen molar-refractivity contribution in [3.8, 4) is 0 Å². The molecule has 0 aliphatic heterocycles. The number of para-hydroxylation sites is 1. The lowest BCUT2D eigenvalue weighted by Crippen LogP contribution is -2.42. The third-order valence-corrected chi connectivity index (χ3v) is 5.24. The van der Waals surface area contributed by atoms with Gasteiger partial charge >= 0.3 is 5.69 Å². The molecule has 8 heteroatoms. The van der Waals surface area contributed by atoms with Gasteiger partial charge in [-0.3, -0.25) is 18.7 Å². The monoisotopic (exact) mass is 453 g/mol. The number of hydrogen-bond donors (Lipinski definition) is 1. The minimum atomic E-state index is -0.579. The van der Waals surface area contributed by atoms with E-state index in [-0.39, 0.29) is 13.1 Å². The van der Waals surface area contributed by atoms with E-state index in [0.29, 0.717) is 32.2 Å². The lowest BCUT2D eigenvalue weighted by Gasteiger charge is -2.14. The molecular weight excluding hydrogens is 437 g/mol. The summed E-state index contributed by atoms with van der Waals surface area (Å²) in [4.78, 5) is 38.9. The lowest BCUT2D eigenvalue weighted by atomic mass is 10.2. The van der Waals surface area contributed by atoms with Crippen LogP contribution in [0.5, 0.6) is 0 Å². The number of carbonyl (C=O) groups excluding carboxylic acids is 1. The minimum Gasteiger partial charge on any atom is -0.324 e. The van der Waals surface area contributed by atoms with Gasteiger partial charge in [0.15, 0.2) is 0 Å². The molecule has 1 aromatic heterocycles. The molecule has 0 atom stereocenters. The topological polar surface area (TPSA) is 73.1 Å². The Labute approximate surface area is 187 Å². The van der Waals surface area contributed by atoms with E-state index in [1.54, 1.807) is 72.8 Å². The molecule has 3 aromatic carbocycles. The second-order valence-electron chi connectivity index (χ2n) is 6.97. The maximum atomic E-state index is 13.2. The highest BCUT2D eigenvalue weighted by Gasteiger charge is 2.16. The van der Waals surface area contributed by atoms with Crippen molar-refractivity contribution < 1.29 is 4.79 Å². The zero-order chi connectivity index (χ0) is 22.0. The molecule has 0 saturated carbocycles.